The van der Waals surface area contributed by atoms with E-state index in [2.05, 4.69) is 5.10 Å². The fourth-order valence-corrected chi connectivity index (χ4v) is 1.97. The summed E-state index contributed by atoms with van der Waals surface area (Å²) < 4.78 is 1.91. The summed E-state index contributed by atoms with van der Waals surface area (Å²) in [6.45, 7) is 4.90. The summed E-state index contributed by atoms with van der Waals surface area (Å²) in [5.41, 5.74) is 2.25. The van der Waals surface area contributed by atoms with Gasteiger partial charge in [-0.25, -0.2) is 0 Å². The van der Waals surface area contributed by atoms with Crippen molar-refractivity contribution >= 4 is 17.7 Å². The van der Waals surface area contributed by atoms with E-state index in [0.29, 0.717) is 0 Å². The molecule has 0 aliphatic carbocycles. The molecule has 0 saturated carbocycles. The van der Waals surface area contributed by atoms with Crippen molar-refractivity contribution in [1.29, 1.82) is 0 Å². The van der Waals surface area contributed by atoms with Gasteiger partial charge in [-0.05, 0) is 13.8 Å². The smallest absolute Gasteiger partial charge is 0.313 e. The van der Waals surface area contributed by atoms with E-state index in [9.17, 15) is 4.79 Å². The molecule has 1 aromatic heterocycles. The van der Waals surface area contributed by atoms with E-state index in [1.165, 1.54) is 11.8 Å². The molecule has 0 aromatic carbocycles. The largest absolute Gasteiger partial charge is 0.481 e. The number of carboxylic acids is 1. The van der Waals surface area contributed by atoms with E-state index >= 15 is 0 Å². The first-order valence-corrected chi connectivity index (χ1v) is 5.61. The summed E-state index contributed by atoms with van der Waals surface area (Å²) in [5.74, 6) is 0.102. The number of nitrogens with zero attached hydrogens (tertiary/aromatic N) is 2. The highest BCUT2D eigenvalue weighted by Gasteiger charge is 2.05. The molecule has 0 unspecified atom stereocenters. The number of rotatable bonds is 5. The quantitative estimate of drug-likeness (QED) is 0.807. The van der Waals surface area contributed by atoms with Gasteiger partial charge < -0.3 is 5.11 Å². The van der Waals surface area contributed by atoms with Crippen molar-refractivity contribution in [3.8, 4) is 0 Å². The van der Waals surface area contributed by atoms with E-state index in [1.807, 2.05) is 24.7 Å². The summed E-state index contributed by atoms with van der Waals surface area (Å²) >= 11 is 1.40. The number of aromatic nitrogens is 2. The first kappa shape index (κ1) is 11.1. The maximum Gasteiger partial charge on any atom is 0.313 e. The van der Waals surface area contributed by atoms with Gasteiger partial charge in [0.05, 0.1) is 11.9 Å². The first-order valence-electron chi connectivity index (χ1n) is 4.46. The molecular formula is C9H14N2O2S. The number of aliphatic carboxylic acids is 1. The standard InChI is InChI=1S/C9H14N2O2S/c1-3-11-7(2)8(4-10-11)5-14-6-9(12)13/h4H,3,5-6H2,1-2H3,(H,12,13). The van der Waals surface area contributed by atoms with Crippen LogP contribution in [0.2, 0.25) is 0 Å². The zero-order valence-electron chi connectivity index (χ0n) is 8.36. The molecule has 0 fully saturated rings. The molecule has 1 N–H and O–H groups in total. The number of carbonyl (C=O) groups is 1. The molecule has 1 rings (SSSR count). The van der Waals surface area contributed by atoms with Crippen LogP contribution < -0.4 is 0 Å². The number of thioether (sulfide) groups is 1. The highest BCUT2D eigenvalue weighted by molar-refractivity contribution is 7.99. The third-order valence-corrected chi connectivity index (χ3v) is 2.95. The molecule has 0 aliphatic heterocycles. The predicted molar refractivity (Wildman–Crippen MR) is 56.4 cm³/mol. The van der Waals surface area contributed by atoms with Crippen LogP contribution in [-0.4, -0.2) is 26.6 Å². The van der Waals surface area contributed by atoms with Crippen molar-refractivity contribution in [2.45, 2.75) is 26.1 Å². The van der Waals surface area contributed by atoms with Crippen LogP contribution >= 0.6 is 11.8 Å². The van der Waals surface area contributed by atoms with Gasteiger partial charge in [-0.3, -0.25) is 9.48 Å². The van der Waals surface area contributed by atoms with E-state index in [4.69, 9.17) is 5.11 Å². The Kier molecular flexibility index (Phi) is 4.00. The van der Waals surface area contributed by atoms with Gasteiger partial charge in [-0.1, -0.05) is 0 Å². The summed E-state index contributed by atoms with van der Waals surface area (Å²) in [5, 5.41) is 12.7. The molecule has 5 heteroatoms. The lowest BCUT2D eigenvalue weighted by molar-refractivity contribution is -0.133. The second kappa shape index (κ2) is 5.05. The van der Waals surface area contributed by atoms with Gasteiger partial charge in [-0.15, -0.1) is 11.8 Å². The minimum absolute atomic E-state index is 0.150. The van der Waals surface area contributed by atoms with Crippen LogP contribution in [0.15, 0.2) is 6.20 Å². The van der Waals surface area contributed by atoms with Gasteiger partial charge in [0, 0.05) is 23.6 Å². The number of hydrogen-bond acceptors (Lipinski definition) is 3. The Morgan fingerprint density at radius 1 is 1.71 bits per heavy atom. The minimum atomic E-state index is -0.768. The average molecular weight is 214 g/mol. The number of aryl methyl sites for hydroxylation is 1. The molecule has 4 nitrogen and oxygen atoms in total. The van der Waals surface area contributed by atoms with Gasteiger partial charge >= 0.3 is 5.97 Å². The monoisotopic (exact) mass is 214 g/mol. The normalized spacial score (nSPS) is 10.4. The van der Waals surface area contributed by atoms with Crippen LogP contribution in [0.3, 0.4) is 0 Å². The minimum Gasteiger partial charge on any atom is -0.481 e. The fraction of sp³-hybridized carbons (Fsp3) is 0.556. The van der Waals surface area contributed by atoms with E-state index in [0.717, 1.165) is 23.6 Å². The molecule has 0 amide bonds. The maximum absolute atomic E-state index is 10.3. The molecule has 0 atom stereocenters. The van der Waals surface area contributed by atoms with Gasteiger partial charge in [0.25, 0.3) is 0 Å². The molecule has 1 aromatic rings. The maximum atomic E-state index is 10.3. The van der Waals surface area contributed by atoms with Gasteiger partial charge in [0.15, 0.2) is 0 Å². The van der Waals surface area contributed by atoms with Crippen LogP contribution in [-0.2, 0) is 17.1 Å². The molecule has 0 aliphatic rings. The second-order valence-corrected chi connectivity index (χ2v) is 3.94. The van der Waals surface area contributed by atoms with Gasteiger partial charge in [0.2, 0.25) is 0 Å². The zero-order valence-corrected chi connectivity index (χ0v) is 9.17. The van der Waals surface area contributed by atoms with Crippen LogP contribution in [0.5, 0.6) is 0 Å². The molecule has 0 spiro atoms. The van der Waals surface area contributed by atoms with E-state index < -0.39 is 5.97 Å². The van der Waals surface area contributed by atoms with Crippen LogP contribution in [0.25, 0.3) is 0 Å². The van der Waals surface area contributed by atoms with Crippen molar-refractivity contribution < 1.29 is 9.90 Å². The van der Waals surface area contributed by atoms with Crippen molar-refractivity contribution in [3.05, 3.63) is 17.5 Å². The van der Waals surface area contributed by atoms with Crippen molar-refractivity contribution in [1.82, 2.24) is 9.78 Å². The Hall–Kier alpha value is -0.970. The Morgan fingerprint density at radius 3 is 2.93 bits per heavy atom. The first-order chi connectivity index (χ1) is 6.65. The summed E-state index contributed by atoms with van der Waals surface area (Å²) in [6.07, 6.45) is 1.81. The molecule has 14 heavy (non-hydrogen) atoms. The highest BCUT2D eigenvalue weighted by Crippen LogP contribution is 2.15. The zero-order chi connectivity index (χ0) is 10.6. The van der Waals surface area contributed by atoms with Crippen molar-refractivity contribution in [3.63, 3.8) is 0 Å². The number of hydrogen-bond donors (Lipinski definition) is 1. The van der Waals surface area contributed by atoms with Crippen LogP contribution in [0.1, 0.15) is 18.2 Å². The fourth-order valence-electron chi connectivity index (χ4n) is 1.19. The molecule has 78 valence electrons. The van der Waals surface area contributed by atoms with Crippen molar-refractivity contribution in [2.24, 2.45) is 0 Å². The third kappa shape index (κ3) is 2.77. The predicted octanol–water partition coefficient (Wildman–Crippen LogP) is 1.53. The molecular weight excluding hydrogens is 200 g/mol. The lowest BCUT2D eigenvalue weighted by Crippen LogP contribution is -2.00. The lowest BCUT2D eigenvalue weighted by Gasteiger charge is -2.01. The average Bonchev–Trinajstić information content (AvgIpc) is 2.47. The van der Waals surface area contributed by atoms with Crippen LogP contribution in [0.4, 0.5) is 0 Å². The SMILES string of the molecule is CCn1ncc(CSCC(=O)O)c1C. The molecule has 0 saturated heterocycles. The third-order valence-electron chi connectivity index (χ3n) is 1.99. The molecule has 0 radical (unpaired) electrons. The van der Waals surface area contributed by atoms with Crippen molar-refractivity contribution in [2.75, 3.05) is 5.75 Å². The molecule has 1 heterocycles. The topological polar surface area (TPSA) is 55.1 Å². The van der Waals surface area contributed by atoms with E-state index in [1.54, 1.807) is 0 Å². The molecule has 0 bridgehead atoms. The Morgan fingerprint density at radius 2 is 2.43 bits per heavy atom. The Bertz CT molecular complexity index is 323. The summed E-state index contributed by atoms with van der Waals surface area (Å²) in [7, 11) is 0. The van der Waals surface area contributed by atoms with E-state index in [-0.39, 0.29) is 5.75 Å². The lowest BCUT2D eigenvalue weighted by atomic mass is 10.3. The Labute approximate surface area is 87.3 Å². The number of carboxylic acid groups (broad SMARTS) is 1. The summed E-state index contributed by atoms with van der Waals surface area (Å²) in [4.78, 5) is 10.3. The van der Waals surface area contributed by atoms with Gasteiger partial charge in [-0.2, -0.15) is 5.10 Å². The van der Waals surface area contributed by atoms with Crippen LogP contribution in [0, 0.1) is 6.92 Å². The highest BCUT2D eigenvalue weighted by atomic mass is 32.2. The second-order valence-electron chi connectivity index (χ2n) is 2.96. The summed E-state index contributed by atoms with van der Waals surface area (Å²) in [6, 6.07) is 0. The Balaban J connectivity index is 2.50. The van der Waals surface area contributed by atoms with Gasteiger partial charge in [0.1, 0.15) is 0 Å².